The molecule has 0 spiro atoms. The summed E-state index contributed by atoms with van der Waals surface area (Å²) in [7, 11) is 0. The minimum atomic E-state index is -0.0570. The summed E-state index contributed by atoms with van der Waals surface area (Å²) in [6.45, 7) is 0. The molecule has 0 aliphatic carbocycles. The molecule has 11 heavy (non-hydrogen) atoms. The highest BCUT2D eigenvalue weighted by Gasteiger charge is 2.15. The van der Waals surface area contributed by atoms with Crippen molar-refractivity contribution in [1.82, 2.24) is 10.7 Å². The first kappa shape index (κ1) is 8.28. The van der Waals surface area contributed by atoms with Gasteiger partial charge in [0.05, 0.1) is 5.75 Å². The van der Waals surface area contributed by atoms with Crippen LogP contribution in [0.5, 0.6) is 0 Å². The molecule has 1 rings (SSSR count). The first-order valence-corrected chi connectivity index (χ1v) is 4.13. The van der Waals surface area contributed by atoms with Gasteiger partial charge in [-0.1, -0.05) is 11.8 Å². The summed E-state index contributed by atoms with van der Waals surface area (Å²) in [5.41, 5.74) is 7.47. The lowest BCUT2D eigenvalue weighted by Gasteiger charge is -1.95. The van der Waals surface area contributed by atoms with Crippen molar-refractivity contribution >= 4 is 40.2 Å². The monoisotopic (exact) mass is 190 g/mol. The minimum absolute atomic E-state index is 0.0570. The van der Waals surface area contributed by atoms with Crippen LogP contribution in [-0.4, -0.2) is 21.9 Å². The molecule has 1 amide bonds. The second-order valence-electron chi connectivity index (χ2n) is 1.73. The van der Waals surface area contributed by atoms with E-state index in [9.17, 15) is 4.79 Å². The van der Waals surface area contributed by atoms with E-state index in [0.29, 0.717) is 10.9 Å². The van der Waals surface area contributed by atoms with Crippen molar-refractivity contribution in [2.75, 3.05) is 5.75 Å². The molecule has 0 radical (unpaired) electrons. The molecule has 1 aliphatic heterocycles. The van der Waals surface area contributed by atoms with E-state index in [4.69, 9.17) is 5.73 Å². The third-order valence-corrected chi connectivity index (χ3v) is 1.82. The van der Waals surface area contributed by atoms with E-state index in [0.717, 1.165) is 0 Å². The summed E-state index contributed by atoms with van der Waals surface area (Å²) < 4.78 is 0. The van der Waals surface area contributed by atoms with Gasteiger partial charge in [-0.15, -0.1) is 5.10 Å². The predicted molar refractivity (Wildman–Crippen MR) is 48.0 cm³/mol. The van der Waals surface area contributed by atoms with E-state index in [1.807, 2.05) is 0 Å². The number of carbonyl (C=O) groups is 1. The average Bonchev–Trinajstić information content (AvgIpc) is 2.31. The number of amides is 1. The van der Waals surface area contributed by atoms with Gasteiger partial charge >= 0.3 is 0 Å². The van der Waals surface area contributed by atoms with Gasteiger partial charge in [0.2, 0.25) is 5.91 Å². The molecule has 0 unspecified atom stereocenters. The van der Waals surface area contributed by atoms with E-state index in [1.165, 1.54) is 11.8 Å². The van der Waals surface area contributed by atoms with E-state index in [2.05, 4.69) is 28.1 Å². The molecule has 4 N–H and O–H groups in total. The van der Waals surface area contributed by atoms with E-state index >= 15 is 0 Å². The van der Waals surface area contributed by atoms with E-state index in [-0.39, 0.29) is 11.0 Å². The van der Waals surface area contributed by atoms with E-state index < -0.39 is 0 Å². The van der Waals surface area contributed by atoms with Gasteiger partial charge in [0.25, 0.3) is 0 Å². The molecule has 0 aromatic carbocycles. The summed E-state index contributed by atoms with van der Waals surface area (Å²) in [5.74, 6) is 0.344. The number of hydrogen-bond acceptors (Lipinski definition) is 4. The number of thiocarbonyl (C=S) groups is 1. The Labute approximate surface area is 72.8 Å². The molecular weight excluding hydrogens is 184 g/mol. The van der Waals surface area contributed by atoms with Crippen LogP contribution in [0.3, 0.4) is 0 Å². The van der Waals surface area contributed by atoms with Gasteiger partial charge in [0.1, 0.15) is 0 Å². The zero-order chi connectivity index (χ0) is 8.27. The SMILES string of the molecule is NC(=S)NN=C1NC(=O)CS1. The second kappa shape index (κ2) is 3.54. The molecule has 1 aliphatic rings. The van der Waals surface area contributed by atoms with Crippen LogP contribution >= 0.6 is 24.0 Å². The molecular formula is C4H6N4OS2. The third-order valence-electron chi connectivity index (χ3n) is 0.854. The van der Waals surface area contributed by atoms with Gasteiger partial charge in [-0.25, -0.2) is 0 Å². The maximum atomic E-state index is 10.6. The average molecular weight is 190 g/mol. The summed E-state index contributed by atoms with van der Waals surface area (Å²) >= 11 is 5.80. The zero-order valence-corrected chi connectivity index (χ0v) is 7.09. The quantitative estimate of drug-likeness (QED) is 0.363. The highest BCUT2D eigenvalue weighted by Crippen LogP contribution is 2.07. The molecule has 60 valence electrons. The maximum absolute atomic E-state index is 10.6. The topological polar surface area (TPSA) is 79.5 Å². The van der Waals surface area contributed by atoms with Gasteiger partial charge in [-0.2, -0.15) is 0 Å². The molecule has 7 heteroatoms. The Morgan fingerprint density at radius 1 is 1.91 bits per heavy atom. The Morgan fingerprint density at radius 2 is 2.64 bits per heavy atom. The Kier molecular flexibility index (Phi) is 2.66. The normalized spacial score (nSPS) is 20.0. The van der Waals surface area contributed by atoms with Crippen LogP contribution in [0.4, 0.5) is 0 Å². The summed E-state index contributed by atoms with van der Waals surface area (Å²) in [6, 6.07) is 0. The van der Waals surface area contributed by atoms with Crippen molar-refractivity contribution in [3.05, 3.63) is 0 Å². The van der Waals surface area contributed by atoms with Crippen molar-refractivity contribution in [2.24, 2.45) is 10.8 Å². The van der Waals surface area contributed by atoms with Crippen LogP contribution in [0.25, 0.3) is 0 Å². The number of carbonyl (C=O) groups excluding carboxylic acids is 1. The van der Waals surface area contributed by atoms with Crippen LogP contribution < -0.4 is 16.5 Å². The molecule has 0 aromatic heterocycles. The van der Waals surface area contributed by atoms with Crippen molar-refractivity contribution in [3.63, 3.8) is 0 Å². The van der Waals surface area contributed by atoms with Crippen LogP contribution in [0, 0.1) is 0 Å². The number of thioether (sulfide) groups is 1. The summed E-state index contributed by atoms with van der Waals surface area (Å²) in [6.07, 6.45) is 0. The van der Waals surface area contributed by atoms with Crippen molar-refractivity contribution < 1.29 is 4.79 Å². The van der Waals surface area contributed by atoms with Crippen LogP contribution in [0.15, 0.2) is 5.10 Å². The number of nitrogens with zero attached hydrogens (tertiary/aromatic N) is 1. The molecule has 0 bridgehead atoms. The Bertz CT molecular complexity index is 226. The van der Waals surface area contributed by atoms with Gasteiger partial charge in [0, 0.05) is 0 Å². The number of amidine groups is 1. The van der Waals surface area contributed by atoms with E-state index in [1.54, 1.807) is 0 Å². The van der Waals surface area contributed by atoms with Crippen molar-refractivity contribution in [1.29, 1.82) is 0 Å². The number of rotatable bonds is 1. The fourth-order valence-electron chi connectivity index (χ4n) is 0.491. The molecule has 1 fully saturated rings. The number of hydrazone groups is 1. The smallest absolute Gasteiger partial charge is 0.236 e. The fraction of sp³-hybridized carbons (Fsp3) is 0.250. The number of hydrogen-bond donors (Lipinski definition) is 3. The highest BCUT2D eigenvalue weighted by atomic mass is 32.2. The molecule has 0 saturated carbocycles. The summed E-state index contributed by atoms with van der Waals surface area (Å²) in [5, 5.41) is 6.80. The van der Waals surface area contributed by atoms with Gasteiger partial charge in [-0.3, -0.25) is 10.2 Å². The lowest BCUT2D eigenvalue weighted by atomic mass is 10.7. The standard InChI is InChI=1S/C4H6N4OS2/c5-3(10)7-8-4-6-2(9)1-11-4/h1H2,(H3,5,7,10)(H,6,8,9). The third kappa shape index (κ3) is 2.72. The lowest BCUT2D eigenvalue weighted by Crippen LogP contribution is -2.28. The summed E-state index contributed by atoms with van der Waals surface area (Å²) in [4.78, 5) is 10.6. The van der Waals surface area contributed by atoms with Gasteiger partial charge < -0.3 is 11.1 Å². The molecule has 0 atom stereocenters. The minimum Gasteiger partial charge on any atom is -0.375 e. The Balaban J connectivity index is 2.42. The Morgan fingerprint density at radius 3 is 3.09 bits per heavy atom. The number of nitrogens with two attached hydrogens (primary N) is 1. The largest absolute Gasteiger partial charge is 0.375 e. The molecule has 0 aromatic rings. The first-order chi connectivity index (χ1) is 5.18. The zero-order valence-electron chi connectivity index (χ0n) is 5.46. The van der Waals surface area contributed by atoms with Crippen molar-refractivity contribution in [2.45, 2.75) is 0 Å². The Hall–Kier alpha value is -0.820. The lowest BCUT2D eigenvalue weighted by molar-refractivity contribution is -0.116. The molecule has 5 nitrogen and oxygen atoms in total. The predicted octanol–water partition coefficient (Wildman–Crippen LogP) is -1.05. The van der Waals surface area contributed by atoms with Crippen LogP contribution in [0.2, 0.25) is 0 Å². The molecule has 1 saturated heterocycles. The molecule has 1 heterocycles. The maximum Gasteiger partial charge on any atom is 0.236 e. The van der Waals surface area contributed by atoms with Gasteiger partial charge in [0.15, 0.2) is 10.3 Å². The fourth-order valence-corrected chi connectivity index (χ4v) is 1.17. The highest BCUT2D eigenvalue weighted by molar-refractivity contribution is 8.15. The van der Waals surface area contributed by atoms with Crippen LogP contribution in [-0.2, 0) is 4.79 Å². The number of nitrogens with one attached hydrogen (secondary N) is 2. The van der Waals surface area contributed by atoms with Crippen molar-refractivity contribution in [3.8, 4) is 0 Å². The first-order valence-electron chi connectivity index (χ1n) is 2.74. The van der Waals surface area contributed by atoms with Crippen LogP contribution in [0.1, 0.15) is 0 Å². The second-order valence-corrected chi connectivity index (χ2v) is 3.13. The van der Waals surface area contributed by atoms with Gasteiger partial charge in [-0.05, 0) is 12.2 Å².